The number of H-pyrrole nitrogens is 1. The van der Waals surface area contributed by atoms with Gasteiger partial charge < -0.3 is 15.0 Å². The summed E-state index contributed by atoms with van der Waals surface area (Å²) in [5.41, 5.74) is 3.69. The zero-order valence-electron chi connectivity index (χ0n) is 20.3. The van der Waals surface area contributed by atoms with Gasteiger partial charge in [-0.3, -0.25) is 9.10 Å². The van der Waals surface area contributed by atoms with E-state index in [1.807, 2.05) is 54.6 Å². The molecule has 4 rings (SSSR count). The first-order valence-corrected chi connectivity index (χ1v) is 13.1. The van der Waals surface area contributed by atoms with Crippen LogP contribution in [0.15, 0.2) is 83.9 Å². The maximum Gasteiger partial charge on any atom is 0.242 e. The van der Waals surface area contributed by atoms with E-state index in [4.69, 9.17) is 4.99 Å². The van der Waals surface area contributed by atoms with Crippen LogP contribution in [0.4, 0.5) is 11.4 Å². The predicted molar refractivity (Wildman–Crippen MR) is 144 cm³/mol. The summed E-state index contributed by atoms with van der Waals surface area (Å²) in [6.07, 6.45) is 0. The summed E-state index contributed by atoms with van der Waals surface area (Å²) >= 11 is 0. The third-order valence-corrected chi connectivity index (χ3v) is 7.57. The molecule has 0 aliphatic rings. The number of benzene rings is 3. The number of para-hydroxylation sites is 1. The molecule has 186 valence electrons. The number of amides is 1. The lowest BCUT2D eigenvalue weighted by atomic mass is 10.0. The number of anilines is 1. The highest BCUT2D eigenvalue weighted by Gasteiger charge is 2.24. The number of rotatable bonds is 8. The number of fused-ring (bicyclic) bond motifs is 1. The summed E-state index contributed by atoms with van der Waals surface area (Å²) in [6, 6.07) is 23.8. The number of hydrogen-bond acceptors (Lipinski definition) is 5. The lowest BCUT2D eigenvalue weighted by Gasteiger charge is -2.24. The number of likely N-dealkylation sites (N-methyl/N-ethyl adjacent to an activating group) is 1. The molecule has 1 aromatic heterocycles. The van der Waals surface area contributed by atoms with Gasteiger partial charge in [0.1, 0.15) is 6.54 Å². The van der Waals surface area contributed by atoms with Crippen molar-refractivity contribution < 1.29 is 18.3 Å². The quantitative estimate of drug-likeness (QED) is 0.349. The molecule has 9 heteroatoms. The molecule has 1 amide bonds. The summed E-state index contributed by atoms with van der Waals surface area (Å²) < 4.78 is 26.6. The van der Waals surface area contributed by atoms with E-state index < -0.39 is 10.0 Å². The fourth-order valence-corrected chi connectivity index (χ4v) is 4.88. The van der Waals surface area contributed by atoms with Gasteiger partial charge in [-0.25, -0.2) is 13.4 Å². The van der Waals surface area contributed by atoms with Gasteiger partial charge >= 0.3 is 0 Å². The molecular formula is C27H28N4O4S. The van der Waals surface area contributed by atoms with Crippen molar-refractivity contribution in [3.63, 3.8) is 0 Å². The highest BCUT2D eigenvalue weighted by molar-refractivity contribution is 7.92. The Hall–Kier alpha value is -4.11. The number of sulfonamides is 1. The van der Waals surface area contributed by atoms with Gasteiger partial charge in [0.15, 0.2) is 5.88 Å². The first-order chi connectivity index (χ1) is 17.2. The third kappa shape index (κ3) is 5.11. The van der Waals surface area contributed by atoms with Crippen molar-refractivity contribution in [1.29, 1.82) is 0 Å². The second kappa shape index (κ2) is 10.2. The minimum atomic E-state index is -3.67. The van der Waals surface area contributed by atoms with E-state index in [0.29, 0.717) is 22.6 Å². The Bertz CT molecular complexity index is 1510. The van der Waals surface area contributed by atoms with Crippen molar-refractivity contribution in [2.24, 2.45) is 4.99 Å². The molecule has 8 nitrogen and oxygen atoms in total. The predicted octanol–water partition coefficient (Wildman–Crippen LogP) is 4.29. The van der Waals surface area contributed by atoms with E-state index in [2.05, 4.69) is 4.98 Å². The van der Waals surface area contributed by atoms with Gasteiger partial charge in [0, 0.05) is 30.6 Å². The van der Waals surface area contributed by atoms with Crippen molar-refractivity contribution in [3.05, 3.63) is 90.0 Å². The minimum Gasteiger partial charge on any atom is -0.494 e. The van der Waals surface area contributed by atoms with Gasteiger partial charge in [0.2, 0.25) is 15.9 Å². The van der Waals surface area contributed by atoms with E-state index in [1.54, 1.807) is 45.3 Å². The van der Waals surface area contributed by atoms with Crippen LogP contribution in [0.2, 0.25) is 0 Å². The molecule has 3 aromatic carbocycles. The van der Waals surface area contributed by atoms with Crippen LogP contribution in [-0.4, -0.2) is 61.4 Å². The molecule has 0 bridgehead atoms. The molecular weight excluding hydrogens is 476 g/mol. The van der Waals surface area contributed by atoms with E-state index >= 15 is 0 Å². The average Bonchev–Trinajstić information content (AvgIpc) is 3.22. The zero-order valence-corrected chi connectivity index (χ0v) is 21.2. The molecule has 36 heavy (non-hydrogen) atoms. The monoisotopic (exact) mass is 504 g/mol. The Morgan fingerprint density at radius 3 is 2.22 bits per heavy atom. The Kier molecular flexibility index (Phi) is 7.12. The lowest BCUT2D eigenvalue weighted by Crippen LogP contribution is -2.41. The molecule has 1 heterocycles. The summed E-state index contributed by atoms with van der Waals surface area (Å²) in [7, 11) is -0.502. The van der Waals surface area contributed by atoms with Gasteiger partial charge in [-0.15, -0.1) is 0 Å². The Balaban J connectivity index is 1.79. The standard InChI is InChI=1S/C27H28N4O4S/c1-4-36(34,35)31(18-24(32)30(2)3)21-16-14-20(15-17-21)28-26(19-10-6-5-7-11-19)25-22-12-8-9-13-23(22)29-27(25)33/h5-17,29,33H,4,18H2,1-3H3. The number of nitrogens with zero attached hydrogens (tertiary/aromatic N) is 3. The SMILES string of the molecule is CCS(=O)(=O)N(CC(=O)N(C)C)c1ccc(N=C(c2ccccc2)c2c(O)[nH]c3ccccc23)cc1. The molecule has 0 unspecified atom stereocenters. The van der Waals surface area contributed by atoms with E-state index in [-0.39, 0.29) is 24.1 Å². The van der Waals surface area contributed by atoms with E-state index in [0.717, 1.165) is 20.8 Å². The number of aromatic nitrogens is 1. The Labute approximate surface area is 210 Å². The van der Waals surface area contributed by atoms with Crippen LogP contribution in [0.5, 0.6) is 5.88 Å². The number of aromatic hydroxyl groups is 1. The summed E-state index contributed by atoms with van der Waals surface area (Å²) in [5.74, 6) is -0.445. The molecule has 0 radical (unpaired) electrons. The fraction of sp³-hybridized carbons (Fsp3) is 0.185. The number of aliphatic imine (C=N–C) groups is 1. The highest BCUT2D eigenvalue weighted by atomic mass is 32.2. The van der Waals surface area contributed by atoms with Gasteiger partial charge in [0.05, 0.1) is 28.4 Å². The molecule has 0 saturated heterocycles. The molecule has 4 aromatic rings. The number of carbonyl (C=O) groups is 1. The maximum atomic E-state index is 12.7. The minimum absolute atomic E-state index is 0.0119. The molecule has 0 aliphatic heterocycles. The van der Waals surface area contributed by atoms with E-state index in [1.165, 1.54) is 4.90 Å². The normalized spacial score (nSPS) is 12.0. The first-order valence-electron chi connectivity index (χ1n) is 11.5. The van der Waals surface area contributed by atoms with Crippen molar-refractivity contribution in [2.75, 3.05) is 30.7 Å². The second-order valence-corrected chi connectivity index (χ2v) is 10.6. The van der Waals surface area contributed by atoms with Crippen molar-refractivity contribution in [3.8, 4) is 5.88 Å². The van der Waals surface area contributed by atoms with Crippen LogP contribution in [0.3, 0.4) is 0 Å². The van der Waals surface area contributed by atoms with Gasteiger partial charge in [0.25, 0.3) is 0 Å². The summed E-state index contributed by atoms with van der Waals surface area (Å²) in [5, 5.41) is 11.6. The molecule has 0 atom stereocenters. The van der Waals surface area contributed by atoms with Crippen molar-refractivity contribution in [2.45, 2.75) is 6.92 Å². The molecule has 0 spiro atoms. The van der Waals surface area contributed by atoms with Crippen LogP contribution < -0.4 is 4.31 Å². The van der Waals surface area contributed by atoms with Crippen molar-refractivity contribution in [1.82, 2.24) is 9.88 Å². The van der Waals surface area contributed by atoms with Gasteiger partial charge in [-0.1, -0.05) is 48.5 Å². The number of hydrogen-bond donors (Lipinski definition) is 2. The Morgan fingerprint density at radius 1 is 0.944 bits per heavy atom. The number of aromatic amines is 1. The first kappa shape index (κ1) is 25.0. The fourth-order valence-electron chi connectivity index (χ4n) is 3.82. The van der Waals surface area contributed by atoms with Crippen LogP contribution >= 0.6 is 0 Å². The van der Waals surface area contributed by atoms with Crippen molar-refractivity contribution >= 4 is 43.9 Å². The van der Waals surface area contributed by atoms with Crippen LogP contribution in [0.25, 0.3) is 10.9 Å². The summed E-state index contributed by atoms with van der Waals surface area (Å²) in [6.45, 7) is 1.26. The van der Waals surface area contributed by atoms with Crippen LogP contribution in [-0.2, 0) is 14.8 Å². The highest BCUT2D eigenvalue weighted by Crippen LogP contribution is 2.32. The maximum absolute atomic E-state index is 12.7. The molecule has 2 N–H and O–H groups in total. The average molecular weight is 505 g/mol. The van der Waals surface area contributed by atoms with E-state index in [9.17, 15) is 18.3 Å². The smallest absolute Gasteiger partial charge is 0.242 e. The zero-order chi connectivity index (χ0) is 25.9. The van der Waals surface area contributed by atoms with Gasteiger partial charge in [-0.2, -0.15) is 0 Å². The molecule has 0 fully saturated rings. The third-order valence-electron chi connectivity index (χ3n) is 5.83. The lowest BCUT2D eigenvalue weighted by molar-refractivity contribution is -0.127. The Morgan fingerprint density at radius 2 is 1.58 bits per heavy atom. The molecule has 0 saturated carbocycles. The molecule has 0 aliphatic carbocycles. The number of carbonyl (C=O) groups excluding carboxylic acids is 1. The largest absolute Gasteiger partial charge is 0.494 e. The van der Waals surface area contributed by atoms with Gasteiger partial charge in [-0.05, 0) is 37.3 Å². The number of nitrogens with one attached hydrogen (secondary N) is 1. The van der Waals surface area contributed by atoms with Crippen LogP contribution in [0.1, 0.15) is 18.1 Å². The summed E-state index contributed by atoms with van der Waals surface area (Å²) in [4.78, 5) is 21.5. The van der Waals surface area contributed by atoms with Crippen LogP contribution in [0, 0.1) is 0 Å². The second-order valence-electron chi connectivity index (χ2n) is 8.43. The topological polar surface area (TPSA) is 106 Å².